The van der Waals surface area contributed by atoms with Crippen LogP contribution in [-0.2, 0) is 23.0 Å². The highest BCUT2D eigenvalue weighted by atomic mass is 32.2. The van der Waals surface area contributed by atoms with Crippen molar-refractivity contribution in [3.8, 4) is 0 Å². The van der Waals surface area contributed by atoms with E-state index in [1.54, 1.807) is 18.2 Å². The van der Waals surface area contributed by atoms with Crippen LogP contribution in [0.5, 0.6) is 0 Å². The normalized spacial score (nSPS) is 14.1. The first-order valence-electron chi connectivity index (χ1n) is 7.87. The SMILES string of the molecule is Cc1ccccc1C(=O)Nc1ccc(S(=O)(=O)O)c2c1CCCC2. The van der Waals surface area contributed by atoms with Crippen LogP contribution in [0.4, 0.5) is 5.69 Å². The van der Waals surface area contributed by atoms with E-state index in [0.717, 1.165) is 24.0 Å². The fraction of sp³-hybridized carbons (Fsp3) is 0.278. The molecule has 1 aliphatic rings. The molecule has 0 aliphatic heterocycles. The summed E-state index contributed by atoms with van der Waals surface area (Å²) in [5.41, 5.74) is 3.49. The fourth-order valence-electron chi connectivity index (χ4n) is 3.21. The Labute approximate surface area is 141 Å². The number of hydrogen-bond acceptors (Lipinski definition) is 3. The third kappa shape index (κ3) is 3.20. The first kappa shape index (κ1) is 16.7. The molecule has 6 heteroatoms. The number of anilines is 1. The van der Waals surface area contributed by atoms with Crippen LogP contribution in [0.2, 0.25) is 0 Å². The molecule has 0 spiro atoms. The van der Waals surface area contributed by atoms with Gasteiger partial charge in [-0.25, -0.2) is 0 Å². The van der Waals surface area contributed by atoms with E-state index in [2.05, 4.69) is 5.32 Å². The highest BCUT2D eigenvalue weighted by Gasteiger charge is 2.24. The number of rotatable bonds is 3. The van der Waals surface area contributed by atoms with Crippen molar-refractivity contribution < 1.29 is 17.8 Å². The molecule has 126 valence electrons. The maximum Gasteiger partial charge on any atom is 0.294 e. The predicted molar refractivity (Wildman–Crippen MR) is 92.0 cm³/mol. The fourth-order valence-corrected chi connectivity index (χ4v) is 3.99. The number of fused-ring (bicyclic) bond motifs is 1. The predicted octanol–water partition coefficient (Wildman–Crippen LogP) is 3.37. The van der Waals surface area contributed by atoms with Gasteiger partial charge in [0.2, 0.25) is 0 Å². The zero-order valence-electron chi connectivity index (χ0n) is 13.4. The zero-order chi connectivity index (χ0) is 17.3. The molecule has 1 aliphatic carbocycles. The Morgan fingerprint density at radius 3 is 2.38 bits per heavy atom. The van der Waals surface area contributed by atoms with Gasteiger partial charge in [-0.2, -0.15) is 8.42 Å². The minimum Gasteiger partial charge on any atom is -0.322 e. The van der Waals surface area contributed by atoms with E-state index in [9.17, 15) is 17.8 Å². The van der Waals surface area contributed by atoms with Crippen molar-refractivity contribution in [2.75, 3.05) is 5.32 Å². The number of nitrogens with one attached hydrogen (secondary N) is 1. The molecule has 1 amide bonds. The van der Waals surface area contributed by atoms with Crippen molar-refractivity contribution in [1.29, 1.82) is 0 Å². The summed E-state index contributed by atoms with van der Waals surface area (Å²) in [4.78, 5) is 12.5. The first-order chi connectivity index (χ1) is 11.4. The number of benzene rings is 2. The van der Waals surface area contributed by atoms with Crippen molar-refractivity contribution in [3.63, 3.8) is 0 Å². The second-order valence-corrected chi connectivity index (χ2v) is 7.41. The largest absolute Gasteiger partial charge is 0.322 e. The molecule has 0 radical (unpaired) electrons. The van der Waals surface area contributed by atoms with Crippen LogP contribution in [0, 0.1) is 6.92 Å². The summed E-state index contributed by atoms with van der Waals surface area (Å²) in [7, 11) is -4.26. The van der Waals surface area contributed by atoms with E-state index >= 15 is 0 Å². The first-order valence-corrected chi connectivity index (χ1v) is 9.31. The molecule has 0 heterocycles. The molecule has 0 aromatic heterocycles. The summed E-state index contributed by atoms with van der Waals surface area (Å²) in [6.07, 6.45) is 3.06. The molecule has 0 fully saturated rings. The summed E-state index contributed by atoms with van der Waals surface area (Å²) >= 11 is 0. The molecule has 2 N–H and O–H groups in total. The van der Waals surface area contributed by atoms with Gasteiger partial charge in [-0.15, -0.1) is 0 Å². The molecule has 2 aromatic rings. The van der Waals surface area contributed by atoms with Gasteiger partial charge in [-0.3, -0.25) is 9.35 Å². The standard InChI is InChI=1S/C18H19NO4S/c1-12-6-2-3-7-13(12)18(20)19-16-10-11-17(24(21,22)23)15-9-5-4-8-14(15)16/h2-3,6-7,10-11H,4-5,8-9H2,1H3,(H,19,20)(H,21,22,23). The Hall–Kier alpha value is -2.18. The van der Waals surface area contributed by atoms with E-state index in [-0.39, 0.29) is 10.8 Å². The Morgan fingerprint density at radius 2 is 1.71 bits per heavy atom. The van der Waals surface area contributed by atoms with Crippen LogP contribution >= 0.6 is 0 Å². The highest BCUT2D eigenvalue weighted by molar-refractivity contribution is 7.85. The number of hydrogen-bond donors (Lipinski definition) is 2. The van der Waals surface area contributed by atoms with E-state index in [1.165, 1.54) is 6.07 Å². The second kappa shape index (κ2) is 6.37. The van der Waals surface area contributed by atoms with Crippen LogP contribution in [0.25, 0.3) is 0 Å². The summed E-state index contributed by atoms with van der Waals surface area (Å²) in [6, 6.07) is 10.2. The molecule has 0 saturated heterocycles. The van der Waals surface area contributed by atoms with Crippen LogP contribution in [0.3, 0.4) is 0 Å². The molecule has 24 heavy (non-hydrogen) atoms. The lowest BCUT2D eigenvalue weighted by molar-refractivity contribution is 0.102. The van der Waals surface area contributed by atoms with Crippen molar-refractivity contribution in [3.05, 3.63) is 58.7 Å². The molecule has 3 rings (SSSR count). The van der Waals surface area contributed by atoms with Gasteiger partial charge in [0, 0.05) is 11.3 Å². The lowest BCUT2D eigenvalue weighted by Crippen LogP contribution is -2.18. The lowest BCUT2D eigenvalue weighted by Gasteiger charge is -2.22. The molecule has 0 saturated carbocycles. The lowest BCUT2D eigenvalue weighted by atomic mass is 9.90. The smallest absolute Gasteiger partial charge is 0.294 e. The van der Waals surface area contributed by atoms with Gasteiger partial charge in [0.1, 0.15) is 0 Å². The minimum absolute atomic E-state index is 0.0499. The maximum atomic E-state index is 12.5. The molecule has 0 atom stereocenters. The Bertz CT molecular complexity index is 903. The topological polar surface area (TPSA) is 83.5 Å². The van der Waals surface area contributed by atoms with E-state index in [0.29, 0.717) is 29.7 Å². The third-order valence-electron chi connectivity index (χ3n) is 4.41. The average molecular weight is 345 g/mol. The van der Waals surface area contributed by atoms with Crippen LogP contribution in [0.15, 0.2) is 41.3 Å². The number of carbonyl (C=O) groups is 1. The molecule has 2 aromatic carbocycles. The van der Waals surface area contributed by atoms with Crippen molar-refractivity contribution in [1.82, 2.24) is 0 Å². The molecule has 0 bridgehead atoms. The van der Waals surface area contributed by atoms with Gasteiger partial charge < -0.3 is 5.32 Å². The van der Waals surface area contributed by atoms with Gasteiger partial charge >= 0.3 is 0 Å². The Morgan fingerprint density at radius 1 is 1.04 bits per heavy atom. The van der Waals surface area contributed by atoms with Gasteiger partial charge in [0.05, 0.1) is 4.90 Å². The van der Waals surface area contributed by atoms with Gasteiger partial charge in [0.15, 0.2) is 0 Å². The second-order valence-electron chi connectivity index (χ2n) is 6.02. The molecule has 5 nitrogen and oxygen atoms in total. The van der Waals surface area contributed by atoms with E-state index in [4.69, 9.17) is 0 Å². The maximum absolute atomic E-state index is 12.5. The van der Waals surface area contributed by atoms with E-state index in [1.807, 2.05) is 19.1 Å². The monoisotopic (exact) mass is 345 g/mol. The van der Waals surface area contributed by atoms with Gasteiger partial charge in [-0.1, -0.05) is 18.2 Å². The van der Waals surface area contributed by atoms with Crippen molar-refractivity contribution in [2.24, 2.45) is 0 Å². The molecular formula is C18H19NO4S. The Balaban J connectivity index is 2.01. The van der Waals surface area contributed by atoms with Crippen LogP contribution < -0.4 is 5.32 Å². The highest BCUT2D eigenvalue weighted by Crippen LogP contribution is 2.33. The van der Waals surface area contributed by atoms with Crippen LogP contribution in [-0.4, -0.2) is 18.9 Å². The minimum atomic E-state index is -4.26. The Kier molecular flexibility index (Phi) is 4.43. The number of aryl methyl sites for hydroxylation is 1. The van der Waals surface area contributed by atoms with Gasteiger partial charge in [-0.05, 0) is 67.5 Å². The number of amides is 1. The summed E-state index contributed by atoms with van der Waals surface area (Å²) < 4.78 is 32.6. The summed E-state index contributed by atoms with van der Waals surface area (Å²) in [6.45, 7) is 1.87. The quantitative estimate of drug-likeness (QED) is 0.836. The van der Waals surface area contributed by atoms with E-state index < -0.39 is 10.1 Å². The summed E-state index contributed by atoms with van der Waals surface area (Å²) in [5.74, 6) is -0.222. The van der Waals surface area contributed by atoms with Crippen molar-refractivity contribution in [2.45, 2.75) is 37.5 Å². The van der Waals surface area contributed by atoms with Crippen molar-refractivity contribution >= 4 is 21.7 Å². The van der Waals surface area contributed by atoms with Crippen LogP contribution in [0.1, 0.15) is 39.9 Å². The molecule has 0 unspecified atom stereocenters. The zero-order valence-corrected chi connectivity index (χ0v) is 14.2. The third-order valence-corrected chi connectivity index (χ3v) is 5.35. The molecular weight excluding hydrogens is 326 g/mol. The summed E-state index contributed by atoms with van der Waals surface area (Å²) in [5, 5.41) is 2.89. The van der Waals surface area contributed by atoms with Gasteiger partial charge in [0.25, 0.3) is 16.0 Å². The number of carbonyl (C=O) groups excluding carboxylic acids is 1. The average Bonchev–Trinajstić information content (AvgIpc) is 2.54.